The number of likely N-dealkylation sites (N-methyl/N-ethyl adjacent to an activating group) is 1. The van der Waals surface area contributed by atoms with Crippen LogP contribution < -0.4 is 26.2 Å². The van der Waals surface area contributed by atoms with Crippen LogP contribution in [0.4, 0.5) is 17.1 Å². The van der Waals surface area contributed by atoms with Gasteiger partial charge in [-0.1, -0.05) is 24.3 Å². The smallest absolute Gasteiger partial charge is 0.243 e. The van der Waals surface area contributed by atoms with Gasteiger partial charge < -0.3 is 26.2 Å². The molecule has 2 atom stereocenters. The first-order valence-corrected chi connectivity index (χ1v) is 13.4. The van der Waals surface area contributed by atoms with Crippen LogP contribution in [-0.2, 0) is 14.4 Å². The van der Waals surface area contributed by atoms with E-state index in [9.17, 15) is 19.6 Å². The number of nitriles is 1. The highest BCUT2D eigenvalue weighted by molar-refractivity contribution is 8.00. The van der Waals surface area contributed by atoms with Crippen LogP contribution in [0.5, 0.6) is 0 Å². The van der Waals surface area contributed by atoms with Gasteiger partial charge in [-0.15, -0.1) is 11.8 Å². The molecule has 0 aliphatic heterocycles. The van der Waals surface area contributed by atoms with Crippen molar-refractivity contribution in [3.05, 3.63) is 54.6 Å². The molecule has 0 radical (unpaired) electrons. The van der Waals surface area contributed by atoms with Crippen molar-refractivity contribution >= 4 is 46.5 Å². The van der Waals surface area contributed by atoms with E-state index < -0.39 is 11.2 Å². The molecule has 0 aliphatic carbocycles. The third-order valence-corrected chi connectivity index (χ3v) is 6.72. The van der Waals surface area contributed by atoms with Crippen LogP contribution in [-0.4, -0.2) is 62.0 Å². The number of nitrogens with one attached hydrogen (secondary N) is 4. The Kier molecular flexibility index (Phi) is 12.9. The van der Waals surface area contributed by atoms with Crippen LogP contribution >= 0.6 is 11.8 Å². The van der Waals surface area contributed by atoms with E-state index in [4.69, 9.17) is 0 Å². The number of anilines is 3. The minimum absolute atomic E-state index is 0. The number of carbonyl (C=O) groups is 3. The zero-order valence-electron chi connectivity index (χ0n) is 21.6. The Morgan fingerprint density at radius 3 is 2.38 bits per heavy atom. The molecule has 4 N–H and O–H groups in total. The van der Waals surface area contributed by atoms with E-state index in [-0.39, 0.29) is 35.0 Å². The zero-order valence-corrected chi connectivity index (χ0v) is 22.4. The summed E-state index contributed by atoms with van der Waals surface area (Å²) in [7, 11) is 1.86. The fourth-order valence-electron chi connectivity index (χ4n) is 3.49. The molecule has 0 saturated carbocycles. The molecule has 2 aromatic carbocycles. The maximum Gasteiger partial charge on any atom is 0.243 e. The van der Waals surface area contributed by atoms with Crippen LogP contribution in [0, 0.1) is 17.2 Å². The van der Waals surface area contributed by atoms with Crippen molar-refractivity contribution < 1.29 is 18.7 Å². The van der Waals surface area contributed by atoms with Gasteiger partial charge >= 0.3 is 0 Å². The van der Waals surface area contributed by atoms with Gasteiger partial charge in [-0.05, 0) is 44.2 Å². The highest BCUT2D eigenvalue weighted by Gasteiger charge is 2.22. The number of rotatable bonds is 15. The van der Waals surface area contributed by atoms with Crippen LogP contribution in [0.1, 0.15) is 24.5 Å². The quantitative estimate of drug-likeness (QED) is 0.276. The zero-order chi connectivity index (χ0) is 27.0. The summed E-state index contributed by atoms with van der Waals surface area (Å²) in [4.78, 5) is 38.9. The summed E-state index contributed by atoms with van der Waals surface area (Å²) in [6, 6.07) is 19.1. The molecule has 37 heavy (non-hydrogen) atoms. The van der Waals surface area contributed by atoms with E-state index in [0.717, 1.165) is 11.4 Å². The highest BCUT2D eigenvalue weighted by Crippen LogP contribution is 2.21. The minimum atomic E-state index is -0.485. The number of para-hydroxylation sites is 1. The number of benzene rings is 2. The second-order valence-electron chi connectivity index (χ2n) is 8.40. The molecule has 204 valence electrons. The average molecular weight is 531 g/mol. The largest absolute Gasteiger partial charge is 0.383 e. The lowest BCUT2D eigenvalue weighted by molar-refractivity contribution is -0.121. The van der Waals surface area contributed by atoms with Crippen LogP contribution in [0.3, 0.4) is 0 Å². The second-order valence-corrected chi connectivity index (χ2v) is 9.64. The molecule has 1 unspecified atom stereocenters. The molecule has 10 heteroatoms. The van der Waals surface area contributed by atoms with E-state index >= 15 is 0 Å². The summed E-state index contributed by atoms with van der Waals surface area (Å²) < 4.78 is 0. The Hall–Kier alpha value is -3.71. The number of hydrogen-bond donors (Lipinski definition) is 4. The number of thioether (sulfide) groups is 1. The molecule has 0 aromatic heterocycles. The molecule has 0 aliphatic rings. The van der Waals surface area contributed by atoms with Gasteiger partial charge in [-0.25, -0.2) is 0 Å². The average Bonchev–Trinajstić information content (AvgIpc) is 2.88. The summed E-state index contributed by atoms with van der Waals surface area (Å²) >= 11 is 1.35. The summed E-state index contributed by atoms with van der Waals surface area (Å²) in [5.41, 5.74) is 2.35. The van der Waals surface area contributed by atoms with E-state index in [1.807, 2.05) is 74.3 Å². The van der Waals surface area contributed by atoms with E-state index in [1.54, 1.807) is 6.07 Å². The van der Waals surface area contributed by atoms with Gasteiger partial charge in [0.05, 0.1) is 18.5 Å². The SMILES string of the molecule is CCNC(=O)C[C@@H](C#N)CSC(CNc1cccc(NC(=O)CN(C)c2ccccc2)c1)C(=O)NCC.[HH].[HH].[HH]. The Morgan fingerprint density at radius 2 is 1.70 bits per heavy atom. The summed E-state index contributed by atoms with van der Waals surface area (Å²) in [6.07, 6.45) is 0.105. The van der Waals surface area contributed by atoms with Crippen molar-refractivity contribution in [1.82, 2.24) is 10.6 Å². The molecule has 2 aromatic rings. The molecule has 0 heterocycles. The fraction of sp³-hybridized carbons (Fsp3) is 0.407. The predicted octanol–water partition coefficient (Wildman–Crippen LogP) is 3.82. The molecule has 3 amide bonds. The lowest BCUT2D eigenvalue weighted by Gasteiger charge is -2.20. The minimum Gasteiger partial charge on any atom is -0.383 e. The normalized spacial score (nSPS) is 11.9. The molecule has 0 saturated heterocycles. The Morgan fingerprint density at radius 1 is 1.00 bits per heavy atom. The van der Waals surface area contributed by atoms with Crippen molar-refractivity contribution in [2.75, 3.05) is 54.5 Å². The Labute approximate surface area is 227 Å². The lowest BCUT2D eigenvalue weighted by Crippen LogP contribution is -2.37. The Bertz CT molecular complexity index is 1070. The van der Waals surface area contributed by atoms with Crippen molar-refractivity contribution in [3.8, 4) is 6.07 Å². The summed E-state index contributed by atoms with van der Waals surface area (Å²) in [5.74, 6) is -0.573. The van der Waals surface area contributed by atoms with Gasteiger partial charge in [0.15, 0.2) is 0 Å². The first kappa shape index (κ1) is 29.5. The predicted molar refractivity (Wildman–Crippen MR) is 157 cm³/mol. The van der Waals surface area contributed by atoms with Gasteiger partial charge in [-0.3, -0.25) is 14.4 Å². The fourth-order valence-corrected chi connectivity index (χ4v) is 4.58. The highest BCUT2D eigenvalue weighted by atomic mass is 32.2. The number of carbonyl (C=O) groups excluding carboxylic acids is 3. The number of hydrogen-bond acceptors (Lipinski definition) is 7. The van der Waals surface area contributed by atoms with E-state index in [1.165, 1.54) is 11.8 Å². The van der Waals surface area contributed by atoms with E-state index in [2.05, 4.69) is 27.3 Å². The molecular formula is C27H42N6O3S. The molecule has 9 nitrogen and oxygen atoms in total. The van der Waals surface area contributed by atoms with Gasteiger partial charge in [0, 0.05) is 60.2 Å². The monoisotopic (exact) mass is 530 g/mol. The Balaban J connectivity index is 0. The topological polar surface area (TPSA) is 126 Å². The van der Waals surface area contributed by atoms with Crippen LogP contribution in [0.2, 0.25) is 0 Å². The maximum atomic E-state index is 12.6. The number of amides is 3. The van der Waals surface area contributed by atoms with Crippen LogP contribution in [0.25, 0.3) is 0 Å². The molecule has 0 bridgehead atoms. The van der Waals surface area contributed by atoms with Gasteiger partial charge in [0.25, 0.3) is 0 Å². The molecule has 2 rings (SSSR count). The molecule has 0 fully saturated rings. The van der Waals surface area contributed by atoms with Crippen LogP contribution in [0.15, 0.2) is 54.6 Å². The summed E-state index contributed by atoms with van der Waals surface area (Å²) in [6.45, 7) is 5.21. The first-order valence-electron chi connectivity index (χ1n) is 12.3. The molecule has 0 spiro atoms. The lowest BCUT2D eigenvalue weighted by atomic mass is 10.1. The maximum absolute atomic E-state index is 12.6. The van der Waals surface area contributed by atoms with Gasteiger partial charge in [-0.2, -0.15) is 5.26 Å². The van der Waals surface area contributed by atoms with Crippen molar-refractivity contribution in [2.45, 2.75) is 25.5 Å². The standard InChI is InChI=1S/C27H36N6O3S.3H2/c1-4-29-25(34)14-20(16-28)19-37-24(27(36)30-5-2)17-31-21-10-9-11-22(15-21)32-26(35)18-33(3)23-12-7-6-8-13-23;;;/h6-13,15,20,24,31H,4-5,14,17-19H2,1-3H3,(H,29,34)(H,30,36)(H,32,35);3*1H/t20-,24?;;;/m0.../s1. The third kappa shape index (κ3) is 10.8. The third-order valence-electron chi connectivity index (χ3n) is 5.35. The van der Waals surface area contributed by atoms with Gasteiger partial charge in [0.1, 0.15) is 5.25 Å². The molecular weight excluding hydrogens is 488 g/mol. The van der Waals surface area contributed by atoms with Gasteiger partial charge in [0.2, 0.25) is 17.7 Å². The van der Waals surface area contributed by atoms with Crippen molar-refractivity contribution in [2.24, 2.45) is 5.92 Å². The van der Waals surface area contributed by atoms with Crippen molar-refractivity contribution in [1.29, 1.82) is 5.26 Å². The second kappa shape index (κ2) is 16.1. The first-order chi connectivity index (χ1) is 17.9. The van der Waals surface area contributed by atoms with Crippen molar-refractivity contribution in [3.63, 3.8) is 0 Å². The summed E-state index contributed by atoms with van der Waals surface area (Å²) in [5, 5.41) is 20.7. The van der Waals surface area contributed by atoms with E-state index in [0.29, 0.717) is 31.1 Å². The number of nitrogens with zero attached hydrogens (tertiary/aromatic N) is 2.